The minimum absolute atomic E-state index is 0.234. The second kappa shape index (κ2) is 5.96. The van der Waals surface area contributed by atoms with Crippen LogP contribution in [0.2, 0.25) is 0 Å². The molecule has 2 N–H and O–H groups in total. The second-order valence-electron chi connectivity index (χ2n) is 5.11. The Morgan fingerprint density at radius 2 is 2.31 bits per heavy atom. The third-order valence-corrected chi connectivity index (χ3v) is 3.28. The third-order valence-electron chi connectivity index (χ3n) is 3.28. The molecule has 16 heavy (non-hydrogen) atoms. The molecule has 1 aliphatic heterocycles. The van der Waals surface area contributed by atoms with Gasteiger partial charge in [0.2, 0.25) is 0 Å². The van der Waals surface area contributed by atoms with Gasteiger partial charge in [-0.15, -0.1) is 0 Å². The van der Waals surface area contributed by atoms with Crippen molar-refractivity contribution in [1.82, 2.24) is 10.2 Å². The second-order valence-corrected chi connectivity index (χ2v) is 5.11. The van der Waals surface area contributed by atoms with E-state index in [-0.39, 0.29) is 12.6 Å². The van der Waals surface area contributed by atoms with Gasteiger partial charge in [0.25, 0.3) is 0 Å². The van der Waals surface area contributed by atoms with Crippen molar-refractivity contribution < 1.29 is 9.84 Å². The molecule has 2 aliphatic rings. The normalized spacial score (nSPS) is 30.0. The smallest absolute Gasteiger partial charge is 0.0673 e. The zero-order chi connectivity index (χ0) is 11.4. The van der Waals surface area contributed by atoms with E-state index in [2.05, 4.69) is 17.1 Å². The van der Waals surface area contributed by atoms with E-state index in [4.69, 9.17) is 4.74 Å². The number of aliphatic hydroxyl groups excluding tert-OH is 1. The van der Waals surface area contributed by atoms with Crippen LogP contribution < -0.4 is 5.32 Å². The molecular weight excluding hydrogens is 204 g/mol. The van der Waals surface area contributed by atoms with Crippen molar-refractivity contribution in [2.75, 3.05) is 32.8 Å². The van der Waals surface area contributed by atoms with Crippen LogP contribution in [0.4, 0.5) is 0 Å². The Labute approximate surface area is 98.0 Å². The van der Waals surface area contributed by atoms with E-state index in [1.54, 1.807) is 0 Å². The van der Waals surface area contributed by atoms with E-state index < -0.39 is 0 Å². The van der Waals surface area contributed by atoms with Crippen LogP contribution >= 0.6 is 0 Å². The van der Waals surface area contributed by atoms with Crippen molar-refractivity contribution in [2.45, 2.75) is 44.4 Å². The number of hydrogen-bond donors (Lipinski definition) is 2. The van der Waals surface area contributed by atoms with Crippen molar-refractivity contribution in [1.29, 1.82) is 0 Å². The molecule has 94 valence electrons. The summed E-state index contributed by atoms with van der Waals surface area (Å²) in [5, 5.41) is 12.8. The molecule has 2 rings (SSSR count). The zero-order valence-corrected chi connectivity index (χ0v) is 10.2. The van der Waals surface area contributed by atoms with Gasteiger partial charge in [-0.25, -0.2) is 0 Å². The van der Waals surface area contributed by atoms with Gasteiger partial charge < -0.3 is 15.2 Å². The van der Waals surface area contributed by atoms with Crippen LogP contribution in [0.1, 0.15) is 26.2 Å². The van der Waals surface area contributed by atoms with Gasteiger partial charge in [-0.3, -0.25) is 4.90 Å². The summed E-state index contributed by atoms with van der Waals surface area (Å²) in [6, 6.07) is 0.899. The Morgan fingerprint density at radius 1 is 1.50 bits per heavy atom. The van der Waals surface area contributed by atoms with Gasteiger partial charge in [-0.1, -0.05) is 0 Å². The lowest BCUT2D eigenvalue weighted by atomic mass is 10.2. The molecule has 1 aliphatic carbocycles. The first-order valence-corrected chi connectivity index (χ1v) is 6.49. The van der Waals surface area contributed by atoms with E-state index in [0.717, 1.165) is 32.7 Å². The molecule has 0 amide bonds. The molecule has 0 radical (unpaired) electrons. The van der Waals surface area contributed by atoms with Gasteiger partial charge in [0.15, 0.2) is 0 Å². The topological polar surface area (TPSA) is 44.7 Å². The highest BCUT2D eigenvalue weighted by Gasteiger charge is 2.26. The molecule has 4 heteroatoms. The lowest BCUT2D eigenvalue weighted by molar-refractivity contribution is 0.0648. The molecule has 0 bridgehead atoms. The van der Waals surface area contributed by atoms with Crippen molar-refractivity contribution in [3.8, 4) is 0 Å². The van der Waals surface area contributed by atoms with Gasteiger partial charge in [-0.05, 0) is 26.2 Å². The van der Waals surface area contributed by atoms with Crippen molar-refractivity contribution >= 4 is 0 Å². The monoisotopic (exact) mass is 228 g/mol. The maximum Gasteiger partial charge on any atom is 0.0673 e. The zero-order valence-electron chi connectivity index (χ0n) is 10.2. The number of nitrogens with zero attached hydrogens (tertiary/aromatic N) is 1. The predicted octanol–water partition coefficient (Wildman–Crippen LogP) is 0.210. The Balaban J connectivity index is 1.75. The maximum absolute atomic E-state index is 9.35. The highest BCUT2D eigenvalue weighted by Crippen LogP contribution is 2.19. The first-order valence-electron chi connectivity index (χ1n) is 6.49. The van der Waals surface area contributed by atoms with Crippen LogP contribution in [-0.4, -0.2) is 61.0 Å². The highest BCUT2D eigenvalue weighted by atomic mass is 16.5. The number of aliphatic hydroxyl groups is 1. The van der Waals surface area contributed by atoms with Crippen LogP contribution in [0.25, 0.3) is 0 Å². The predicted molar refractivity (Wildman–Crippen MR) is 63.5 cm³/mol. The van der Waals surface area contributed by atoms with Gasteiger partial charge in [0, 0.05) is 38.3 Å². The summed E-state index contributed by atoms with van der Waals surface area (Å²) in [5.74, 6) is 0. The Bertz CT molecular complexity index is 209. The van der Waals surface area contributed by atoms with Crippen molar-refractivity contribution in [3.63, 3.8) is 0 Å². The molecule has 1 saturated carbocycles. The standard InChI is InChI=1S/C12H24N2O2/c1-10-7-14(5-2-6-16-10)8-12(9-15)13-11-3-4-11/h10-13,15H,2-9H2,1H3. The summed E-state index contributed by atoms with van der Waals surface area (Å²) in [6.45, 7) is 6.26. The molecule has 0 aromatic rings. The average Bonchev–Trinajstić information content (AvgIpc) is 3.06. The molecule has 0 aromatic heterocycles. The lowest BCUT2D eigenvalue weighted by Crippen LogP contribution is -2.45. The first kappa shape index (κ1) is 12.3. The molecule has 1 heterocycles. The summed E-state index contributed by atoms with van der Waals surface area (Å²) in [5.41, 5.74) is 0. The van der Waals surface area contributed by atoms with Crippen LogP contribution in [0, 0.1) is 0 Å². The molecular formula is C12H24N2O2. The minimum atomic E-state index is 0.234. The Morgan fingerprint density at radius 3 is 3.00 bits per heavy atom. The molecule has 1 saturated heterocycles. The summed E-state index contributed by atoms with van der Waals surface area (Å²) >= 11 is 0. The molecule has 2 fully saturated rings. The minimum Gasteiger partial charge on any atom is -0.395 e. The SMILES string of the molecule is CC1CN(CC(CO)NC2CC2)CCCO1. The van der Waals surface area contributed by atoms with Crippen LogP contribution in [0.3, 0.4) is 0 Å². The fraction of sp³-hybridized carbons (Fsp3) is 1.00. The summed E-state index contributed by atoms with van der Waals surface area (Å²) in [7, 11) is 0. The number of nitrogens with one attached hydrogen (secondary N) is 1. The molecule has 4 nitrogen and oxygen atoms in total. The molecule has 2 unspecified atom stereocenters. The first-order chi connectivity index (χ1) is 7.78. The van der Waals surface area contributed by atoms with Gasteiger partial charge in [0.05, 0.1) is 12.7 Å². The Kier molecular flexibility index (Phi) is 4.58. The summed E-state index contributed by atoms with van der Waals surface area (Å²) in [6.07, 6.45) is 3.97. The molecule has 0 aromatic carbocycles. The number of hydrogen-bond acceptors (Lipinski definition) is 4. The van der Waals surface area contributed by atoms with Gasteiger partial charge in [0.1, 0.15) is 0 Å². The molecule has 0 spiro atoms. The largest absolute Gasteiger partial charge is 0.395 e. The lowest BCUT2D eigenvalue weighted by Gasteiger charge is -2.26. The third kappa shape index (κ3) is 4.01. The fourth-order valence-electron chi connectivity index (χ4n) is 2.30. The van der Waals surface area contributed by atoms with Crippen LogP contribution in [0.5, 0.6) is 0 Å². The van der Waals surface area contributed by atoms with E-state index in [0.29, 0.717) is 12.1 Å². The number of rotatable bonds is 5. The quantitative estimate of drug-likeness (QED) is 0.706. The summed E-state index contributed by atoms with van der Waals surface area (Å²) < 4.78 is 5.62. The molecule has 2 atom stereocenters. The van der Waals surface area contributed by atoms with E-state index in [1.165, 1.54) is 12.8 Å². The van der Waals surface area contributed by atoms with Crippen molar-refractivity contribution in [3.05, 3.63) is 0 Å². The van der Waals surface area contributed by atoms with Crippen LogP contribution in [0.15, 0.2) is 0 Å². The number of ether oxygens (including phenoxy) is 1. The average molecular weight is 228 g/mol. The Hall–Kier alpha value is -0.160. The van der Waals surface area contributed by atoms with Gasteiger partial charge in [-0.2, -0.15) is 0 Å². The highest BCUT2D eigenvalue weighted by molar-refractivity contribution is 4.86. The van der Waals surface area contributed by atoms with E-state index in [1.807, 2.05) is 0 Å². The fourth-order valence-corrected chi connectivity index (χ4v) is 2.30. The van der Waals surface area contributed by atoms with Gasteiger partial charge >= 0.3 is 0 Å². The van der Waals surface area contributed by atoms with Crippen molar-refractivity contribution in [2.24, 2.45) is 0 Å². The van der Waals surface area contributed by atoms with E-state index in [9.17, 15) is 5.11 Å². The van der Waals surface area contributed by atoms with Crippen LogP contribution in [-0.2, 0) is 4.74 Å². The maximum atomic E-state index is 9.35. The summed E-state index contributed by atoms with van der Waals surface area (Å²) in [4.78, 5) is 2.41. The van der Waals surface area contributed by atoms with E-state index >= 15 is 0 Å².